The first-order valence-electron chi connectivity index (χ1n) is 7.84. The molecule has 2 atom stereocenters. The average molecular weight is 262 g/mol. The van der Waals surface area contributed by atoms with E-state index in [9.17, 15) is 0 Å². The Balaban J connectivity index is 1.84. The van der Waals surface area contributed by atoms with Gasteiger partial charge in [0.1, 0.15) is 11.6 Å². The molecule has 3 rings (SSSR count). The Bertz CT molecular complexity index is 437. The number of hydrogen-bond donors (Lipinski definition) is 0. The van der Waals surface area contributed by atoms with Crippen molar-refractivity contribution in [1.29, 1.82) is 0 Å². The van der Waals surface area contributed by atoms with Crippen LogP contribution >= 0.6 is 0 Å². The van der Waals surface area contributed by atoms with Crippen LogP contribution in [0.1, 0.15) is 70.1 Å². The monoisotopic (exact) mass is 262 g/mol. The Kier molecular flexibility index (Phi) is 3.61. The fraction of sp³-hybridized carbons (Fsp3) is 0.867. The molecule has 19 heavy (non-hydrogen) atoms. The minimum atomic E-state index is 0.581. The lowest BCUT2D eigenvalue weighted by Crippen LogP contribution is -2.40. The van der Waals surface area contributed by atoms with Crippen molar-refractivity contribution >= 4 is 0 Å². The largest absolute Gasteiger partial charge is 0.312 e. The van der Waals surface area contributed by atoms with Gasteiger partial charge < -0.3 is 9.47 Å². The highest BCUT2D eigenvalue weighted by Gasteiger charge is 2.30. The summed E-state index contributed by atoms with van der Waals surface area (Å²) in [4.78, 5) is 2.59. The number of rotatable bonds is 2. The first-order chi connectivity index (χ1) is 9.16. The van der Waals surface area contributed by atoms with E-state index in [-0.39, 0.29) is 0 Å². The molecule has 1 fully saturated rings. The first-order valence-corrected chi connectivity index (χ1v) is 7.84. The highest BCUT2D eigenvalue weighted by Crippen LogP contribution is 2.32. The van der Waals surface area contributed by atoms with Gasteiger partial charge in [-0.1, -0.05) is 0 Å². The van der Waals surface area contributed by atoms with Crippen LogP contribution in [0.25, 0.3) is 0 Å². The van der Waals surface area contributed by atoms with E-state index in [0.29, 0.717) is 18.0 Å². The van der Waals surface area contributed by atoms with Crippen molar-refractivity contribution in [3.8, 4) is 0 Å². The second-order valence-electron chi connectivity index (χ2n) is 6.51. The highest BCUT2D eigenvalue weighted by atomic mass is 15.3. The molecule has 2 aliphatic heterocycles. The third-order valence-corrected chi connectivity index (χ3v) is 4.80. The van der Waals surface area contributed by atoms with Crippen LogP contribution in [-0.4, -0.2) is 38.8 Å². The minimum absolute atomic E-state index is 0.581. The summed E-state index contributed by atoms with van der Waals surface area (Å²) in [5, 5.41) is 9.00. The third kappa shape index (κ3) is 2.42. The average Bonchev–Trinajstić information content (AvgIpc) is 2.84. The van der Waals surface area contributed by atoms with E-state index < -0.39 is 0 Å². The molecule has 0 N–H and O–H groups in total. The fourth-order valence-electron chi connectivity index (χ4n) is 3.64. The van der Waals surface area contributed by atoms with Gasteiger partial charge in [0.25, 0.3) is 0 Å². The lowest BCUT2D eigenvalue weighted by molar-refractivity contribution is 0.162. The standard InChI is InChI=1S/C15H26N4/c1-11(2)18-9-5-7-13(10-18)15-17-16-14-8-4-6-12(3)19(14)15/h11-13H,4-10H2,1-3H3. The van der Waals surface area contributed by atoms with E-state index in [1.54, 1.807) is 0 Å². The lowest BCUT2D eigenvalue weighted by atomic mass is 9.95. The van der Waals surface area contributed by atoms with Crippen molar-refractivity contribution in [2.45, 2.75) is 70.9 Å². The summed E-state index contributed by atoms with van der Waals surface area (Å²) in [6.07, 6.45) is 6.21. The number of likely N-dealkylation sites (tertiary alicyclic amines) is 1. The molecular formula is C15H26N4. The molecule has 3 heterocycles. The van der Waals surface area contributed by atoms with Crippen LogP contribution in [0, 0.1) is 0 Å². The summed E-state index contributed by atoms with van der Waals surface area (Å²) < 4.78 is 2.44. The van der Waals surface area contributed by atoms with E-state index in [0.717, 1.165) is 13.0 Å². The maximum atomic E-state index is 4.55. The lowest BCUT2D eigenvalue weighted by Gasteiger charge is -2.36. The van der Waals surface area contributed by atoms with Crippen molar-refractivity contribution in [2.24, 2.45) is 0 Å². The van der Waals surface area contributed by atoms with Gasteiger partial charge >= 0.3 is 0 Å². The quantitative estimate of drug-likeness (QED) is 0.822. The van der Waals surface area contributed by atoms with E-state index in [1.807, 2.05) is 0 Å². The third-order valence-electron chi connectivity index (χ3n) is 4.80. The molecule has 1 aromatic rings. The maximum absolute atomic E-state index is 4.55. The summed E-state index contributed by atoms with van der Waals surface area (Å²) in [6, 6.07) is 1.23. The summed E-state index contributed by atoms with van der Waals surface area (Å²) >= 11 is 0. The van der Waals surface area contributed by atoms with Crippen LogP contribution in [0.2, 0.25) is 0 Å². The molecule has 0 saturated carbocycles. The number of piperidine rings is 1. The highest BCUT2D eigenvalue weighted by molar-refractivity contribution is 5.08. The van der Waals surface area contributed by atoms with E-state index in [1.165, 1.54) is 43.9 Å². The predicted molar refractivity (Wildman–Crippen MR) is 76.4 cm³/mol. The van der Waals surface area contributed by atoms with Crippen LogP contribution in [0.15, 0.2) is 0 Å². The zero-order chi connectivity index (χ0) is 13.4. The van der Waals surface area contributed by atoms with Gasteiger partial charge in [0.05, 0.1) is 0 Å². The summed E-state index contributed by atoms with van der Waals surface area (Å²) in [6.45, 7) is 9.31. The van der Waals surface area contributed by atoms with E-state index in [4.69, 9.17) is 0 Å². The summed E-state index contributed by atoms with van der Waals surface area (Å²) in [7, 11) is 0. The molecule has 1 saturated heterocycles. The SMILES string of the molecule is CC(C)N1CCCC(c2nnc3n2C(C)CCC3)C1. The Morgan fingerprint density at radius 3 is 2.79 bits per heavy atom. The smallest absolute Gasteiger partial charge is 0.137 e. The van der Waals surface area contributed by atoms with Crippen LogP contribution in [-0.2, 0) is 6.42 Å². The zero-order valence-electron chi connectivity index (χ0n) is 12.5. The second-order valence-corrected chi connectivity index (χ2v) is 6.51. The van der Waals surface area contributed by atoms with E-state index >= 15 is 0 Å². The molecule has 2 unspecified atom stereocenters. The van der Waals surface area contributed by atoms with Gasteiger partial charge in [-0.05, 0) is 53.0 Å². The van der Waals surface area contributed by atoms with Gasteiger partial charge in [0.2, 0.25) is 0 Å². The molecule has 0 radical (unpaired) electrons. The molecule has 0 spiro atoms. The zero-order valence-corrected chi connectivity index (χ0v) is 12.5. The summed E-state index contributed by atoms with van der Waals surface area (Å²) in [5.41, 5.74) is 0. The number of fused-ring (bicyclic) bond motifs is 1. The number of nitrogens with zero attached hydrogens (tertiary/aromatic N) is 4. The molecule has 0 amide bonds. The van der Waals surface area contributed by atoms with Crippen LogP contribution in [0.3, 0.4) is 0 Å². The predicted octanol–water partition coefficient (Wildman–Crippen LogP) is 2.76. The van der Waals surface area contributed by atoms with Gasteiger partial charge in [0, 0.05) is 31.0 Å². The van der Waals surface area contributed by atoms with Crippen molar-refractivity contribution in [2.75, 3.05) is 13.1 Å². The van der Waals surface area contributed by atoms with E-state index in [2.05, 4.69) is 40.4 Å². The number of aryl methyl sites for hydroxylation is 1. The molecule has 1 aromatic heterocycles. The molecule has 0 aromatic carbocycles. The molecule has 4 nitrogen and oxygen atoms in total. The second kappa shape index (κ2) is 5.23. The summed E-state index contributed by atoms with van der Waals surface area (Å²) in [5.74, 6) is 3.06. The van der Waals surface area contributed by atoms with Crippen molar-refractivity contribution in [3.05, 3.63) is 11.6 Å². The van der Waals surface area contributed by atoms with Crippen molar-refractivity contribution in [3.63, 3.8) is 0 Å². The molecule has 106 valence electrons. The van der Waals surface area contributed by atoms with Crippen molar-refractivity contribution in [1.82, 2.24) is 19.7 Å². The Morgan fingerprint density at radius 2 is 2.00 bits per heavy atom. The molecule has 2 aliphatic rings. The molecule has 0 bridgehead atoms. The van der Waals surface area contributed by atoms with Gasteiger partial charge in [-0.3, -0.25) is 0 Å². The van der Waals surface area contributed by atoms with Crippen molar-refractivity contribution < 1.29 is 0 Å². The van der Waals surface area contributed by atoms with Crippen LogP contribution in [0.4, 0.5) is 0 Å². The number of aromatic nitrogens is 3. The fourth-order valence-corrected chi connectivity index (χ4v) is 3.64. The Hall–Kier alpha value is -0.900. The van der Waals surface area contributed by atoms with Crippen LogP contribution in [0.5, 0.6) is 0 Å². The van der Waals surface area contributed by atoms with Crippen LogP contribution < -0.4 is 0 Å². The maximum Gasteiger partial charge on any atom is 0.137 e. The van der Waals surface area contributed by atoms with Gasteiger partial charge in [-0.15, -0.1) is 10.2 Å². The number of hydrogen-bond acceptors (Lipinski definition) is 3. The Labute approximate surface area is 116 Å². The molecular weight excluding hydrogens is 236 g/mol. The van der Waals surface area contributed by atoms with Gasteiger partial charge in [-0.25, -0.2) is 0 Å². The Morgan fingerprint density at radius 1 is 1.16 bits per heavy atom. The normalized spacial score (nSPS) is 28.6. The molecule has 0 aliphatic carbocycles. The minimum Gasteiger partial charge on any atom is -0.312 e. The first kappa shape index (κ1) is 13.1. The topological polar surface area (TPSA) is 34.0 Å². The van der Waals surface area contributed by atoms with Gasteiger partial charge in [-0.2, -0.15) is 0 Å². The van der Waals surface area contributed by atoms with Gasteiger partial charge in [0.15, 0.2) is 0 Å². The molecule has 4 heteroatoms.